The van der Waals surface area contributed by atoms with E-state index < -0.39 is 0 Å². The minimum absolute atomic E-state index is 0.265. The summed E-state index contributed by atoms with van der Waals surface area (Å²) in [6.07, 6.45) is 0. The van der Waals surface area contributed by atoms with Gasteiger partial charge >= 0.3 is 0 Å². The van der Waals surface area contributed by atoms with Crippen LogP contribution in [0.15, 0.2) is 510 Å². The molecule has 0 heterocycles. The lowest BCUT2D eigenvalue weighted by atomic mass is 9.82. The van der Waals surface area contributed by atoms with Crippen molar-refractivity contribution in [2.75, 3.05) is 19.6 Å². The molecule has 0 aliphatic heterocycles. The standard InChI is InChI=1S/2C65H48N2/c1-65(2)62-43-55(66(52-21-7-4-8-22-52)53-35-31-48(32-36-53)47-29-27-46(28-30-47)45-15-5-3-6-16-45)39-41-60(62)61-42-40-56(44-63(61)65)67(64-26-14-20-50-18-10-12-24-59(50)64)54-37-33-51(34-38-54)58-25-13-19-49-17-9-11-23-57(49)58;1-65(2)62-43-57(66(54-20-7-4-8-21-54)55-34-30-49(31-35-55)48-26-24-47(25-27-48)45-14-5-3-6-15-45)38-40-60(62)61-41-39-58(44-63(61)65)67(64-23-13-19-51-17-11-12-22-59(51)64)56-36-32-50(33-37-56)53-29-28-46-16-9-10-18-52(46)42-53/h2*3-44H,1-2H3. The normalized spacial score (nSPS) is 12.4. The first kappa shape index (κ1) is 81.6. The number of anilines is 12. The molecule has 0 amide bonds. The molecule has 0 atom stereocenters. The Balaban J connectivity index is 0.000000151. The monoisotopic (exact) mass is 1710 g/mol. The van der Waals surface area contributed by atoms with E-state index in [4.69, 9.17) is 0 Å². The lowest BCUT2D eigenvalue weighted by Crippen LogP contribution is -2.17. The van der Waals surface area contributed by atoms with E-state index in [1.807, 2.05) is 0 Å². The van der Waals surface area contributed by atoms with E-state index in [0.717, 1.165) is 68.2 Å². The van der Waals surface area contributed by atoms with Crippen LogP contribution >= 0.6 is 0 Å². The van der Waals surface area contributed by atoms with Gasteiger partial charge in [0.15, 0.2) is 0 Å². The zero-order valence-corrected chi connectivity index (χ0v) is 75.3. The van der Waals surface area contributed by atoms with Crippen molar-refractivity contribution in [1.29, 1.82) is 0 Å². The summed E-state index contributed by atoms with van der Waals surface area (Å²) in [7, 11) is 0. The lowest BCUT2D eigenvalue weighted by Gasteiger charge is -2.30. The highest BCUT2D eigenvalue weighted by atomic mass is 15.2. The number of fused-ring (bicyclic) bond motifs is 10. The van der Waals surface area contributed by atoms with E-state index in [-0.39, 0.29) is 10.8 Å². The van der Waals surface area contributed by atoms with Crippen LogP contribution in [-0.2, 0) is 10.8 Å². The fourth-order valence-corrected chi connectivity index (χ4v) is 20.7. The summed E-state index contributed by atoms with van der Waals surface area (Å²) in [6, 6.07) is 186. The third-order valence-electron chi connectivity index (χ3n) is 27.7. The average molecular weight is 1710 g/mol. The van der Waals surface area contributed by atoms with Gasteiger partial charge in [0.05, 0.1) is 11.4 Å². The Hall–Kier alpha value is -16.9. The number of hydrogen-bond acceptors (Lipinski definition) is 4. The van der Waals surface area contributed by atoms with Gasteiger partial charge in [-0.25, -0.2) is 0 Å². The maximum atomic E-state index is 2.44. The molecule has 0 unspecified atom stereocenters. The summed E-state index contributed by atoms with van der Waals surface area (Å²) in [5.41, 5.74) is 38.0. The van der Waals surface area contributed by atoms with Gasteiger partial charge in [-0.15, -0.1) is 0 Å². The van der Waals surface area contributed by atoms with Gasteiger partial charge in [-0.05, 0) is 283 Å². The van der Waals surface area contributed by atoms with Crippen molar-refractivity contribution in [3.05, 3.63) is 532 Å². The average Bonchev–Trinajstić information content (AvgIpc) is 1.57. The second-order valence-electron chi connectivity index (χ2n) is 36.3. The topological polar surface area (TPSA) is 13.0 Å². The Morgan fingerprint density at radius 1 is 0.134 bits per heavy atom. The first-order valence-electron chi connectivity index (χ1n) is 46.5. The lowest BCUT2D eigenvalue weighted by molar-refractivity contribution is 0.660. The molecule has 636 valence electrons. The molecule has 0 saturated carbocycles. The molecule has 0 N–H and O–H groups in total. The van der Waals surface area contributed by atoms with Crippen molar-refractivity contribution in [3.8, 4) is 89.0 Å². The second kappa shape index (κ2) is 34.5. The molecule has 134 heavy (non-hydrogen) atoms. The van der Waals surface area contributed by atoms with E-state index >= 15 is 0 Å². The fourth-order valence-electron chi connectivity index (χ4n) is 20.7. The van der Waals surface area contributed by atoms with Crippen LogP contribution in [0.25, 0.3) is 132 Å². The molecule has 0 spiro atoms. The zero-order chi connectivity index (χ0) is 89.8. The van der Waals surface area contributed by atoms with Crippen LogP contribution in [0.1, 0.15) is 49.9 Å². The van der Waals surface area contributed by atoms with Crippen molar-refractivity contribution in [2.24, 2.45) is 0 Å². The number of para-hydroxylation sites is 2. The highest BCUT2D eigenvalue weighted by molar-refractivity contribution is 6.03. The molecule has 0 fully saturated rings. The second-order valence-corrected chi connectivity index (χ2v) is 36.3. The van der Waals surface area contributed by atoms with Gasteiger partial charge < -0.3 is 19.6 Å². The van der Waals surface area contributed by atoms with Crippen molar-refractivity contribution in [3.63, 3.8) is 0 Å². The molecule has 22 aromatic rings. The predicted molar refractivity (Wildman–Crippen MR) is 569 cm³/mol. The largest absolute Gasteiger partial charge is 0.310 e. The van der Waals surface area contributed by atoms with Crippen molar-refractivity contribution >= 4 is 111 Å². The highest BCUT2D eigenvalue weighted by Crippen LogP contribution is 2.56. The van der Waals surface area contributed by atoms with Gasteiger partial charge in [0.25, 0.3) is 0 Å². The number of hydrogen-bond donors (Lipinski definition) is 0. The summed E-state index contributed by atoms with van der Waals surface area (Å²) in [5, 5.41) is 9.87. The molecule has 2 aliphatic rings. The molecular formula is C130H96N4. The highest BCUT2D eigenvalue weighted by Gasteiger charge is 2.39. The molecular weight excluding hydrogens is 1620 g/mol. The Bertz CT molecular complexity index is 8090. The summed E-state index contributed by atoms with van der Waals surface area (Å²) >= 11 is 0. The van der Waals surface area contributed by atoms with E-state index in [0.29, 0.717) is 0 Å². The van der Waals surface area contributed by atoms with Crippen molar-refractivity contribution in [2.45, 2.75) is 38.5 Å². The van der Waals surface area contributed by atoms with Crippen LogP contribution in [0.4, 0.5) is 68.2 Å². The van der Waals surface area contributed by atoms with Crippen LogP contribution < -0.4 is 19.6 Å². The van der Waals surface area contributed by atoms with Crippen LogP contribution in [-0.4, -0.2) is 0 Å². The fraction of sp³-hybridized carbons (Fsp3) is 0.0462. The van der Waals surface area contributed by atoms with Gasteiger partial charge in [0.2, 0.25) is 0 Å². The number of nitrogens with zero attached hydrogens (tertiary/aromatic N) is 4. The smallest absolute Gasteiger partial charge is 0.0540 e. The summed E-state index contributed by atoms with van der Waals surface area (Å²) in [6.45, 7) is 9.54. The summed E-state index contributed by atoms with van der Waals surface area (Å²) < 4.78 is 0. The zero-order valence-electron chi connectivity index (χ0n) is 75.3. The Morgan fingerprint density at radius 2 is 0.373 bits per heavy atom. The molecule has 0 aromatic heterocycles. The number of benzene rings is 22. The van der Waals surface area contributed by atoms with Crippen LogP contribution in [0.2, 0.25) is 0 Å². The third-order valence-corrected chi connectivity index (χ3v) is 27.7. The Kier molecular flexibility index (Phi) is 21.0. The van der Waals surface area contributed by atoms with Gasteiger partial charge in [-0.1, -0.05) is 398 Å². The van der Waals surface area contributed by atoms with Crippen LogP contribution in [0, 0.1) is 0 Å². The first-order chi connectivity index (χ1) is 65.9. The quantitative estimate of drug-likeness (QED) is 0.0849. The molecule has 0 bridgehead atoms. The number of rotatable bonds is 18. The molecule has 22 aromatic carbocycles. The van der Waals surface area contributed by atoms with E-state index in [1.165, 1.54) is 154 Å². The van der Waals surface area contributed by atoms with E-state index in [9.17, 15) is 0 Å². The molecule has 0 radical (unpaired) electrons. The minimum Gasteiger partial charge on any atom is -0.310 e. The molecule has 0 saturated heterocycles. The Labute approximate surface area is 784 Å². The van der Waals surface area contributed by atoms with Gasteiger partial charge in [0.1, 0.15) is 0 Å². The summed E-state index contributed by atoms with van der Waals surface area (Å²) in [5.74, 6) is 0. The van der Waals surface area contributed by atoms with Gasteiger partial charge in [0, 0.05) is 78.5 Å². The first-order valence-corrected chi connectivity index (χ1v) is 46.5. The molecule has 2 aliphatic carbocycles. The molecule has 4 heteroatoms. The van der Waals surface area contributed by atoms with Crippen LogP contribution in [0.5, 0.6) is 0 Å². The van der Waals surface area contributed by atoms with Crippen LogP contribution in [0.3, 0.4) is 0 Å². The Morgan fingerprint density at radius 3 is 0.746 bits per heavy atom. The SMILES string of the molecule is CC1(C)c2cc(N(c3ccccc3)c3ccc(-c4ccc(-c5ccccc5)cc4)cc3)ccc2-c2ccc(N(c3ccc(-c4ccc5ccccc5c4)cc3)c3cccc4ccccc34)cc21.CC1(C)c2cc(N(c3ccccc3)c3ccc(-c4ccc(-c5ccccc5)cc4)cc3)ccc2-c2ccc(N(c3ccc(-c4cccc5ccccc45)cc3)c3cccc4ccccc34)cc21. The van der Waals surface area contributed by atoms with Crippen molar-refractivity contribution in [1.82, 2.24) is 0 Å². The maximum Gasteiger partial charge on any atom is 0.0540 e. The van der Waals surface area contributed by atoms with E-state index in [1.54, 1.807) is 0 Å². The summed E-state index contributed by atoms with van der Waals surface area (Å²) in [4.78, 5) is 9.66. The third kappa shape index (κ3) is 15.2. The molecule has 24 rings (SSSR count). The maximum absolute atomic E-state index is 2.44. The van der Waals surface area contributed by atoms with Crippen molar-refractivity contribution < 1.29 is 0 Å². The van der Waals surface area contributed by atoms with E-state index in [2.05, 4.69) is 557 Å². The van der Waals surface area contributed by atoms with Gasteiger partial charge in [-0.2, -0.15) is 0 Å². The predicted octanol–water partition coefficient (Wildman–Crippen LogP) is 36.5. The molecule has 4 nitrogen and oxygen atoms in total. The van der Waals surface area contributed by atoms with Gasteiger partial charge in [-0.3, -0.25) is 0 Å². The minimum atomic E-state index is -0.266.